The monoisotopic (exact) mass is 335 g/mol. The number of hydrogen-bond acceptors (Lipinski definition) is 4. The normalized spacial score (nSPS) is 10.9. The van der Waals surface area contributed by atoms with Gasteiger partial charge in [-0.1, -0.05) is 12.1 Å². The van der Waals surface area contributed by atoms with Gasteiger partial charge in [0.15, 0.2) is 0 Å². The van der Waals surface area contributed by atoms with Crippen LogP contribution in [0.15, 0.2) is 35.4 Å². The summed E-state index contributed by atoms with van der Waals surface area (Å²) in [5.41, 5.74) is 3.49. The molecule has 25 heavy (non-hydrogen) atoms. The van der Waals surface area contributed by atoms with Crippen LogP contribution in [0.4, 0.5) is 0 Å². The van der Waals surface area contributed by atoms with Gasteiger partial charge in [0, 0.05) is 13.1 Å². The molecule has 2 aromatic heterocycles. The molecule has 0 saturated carbocycles. The molecule has 0 bridgehead atoms. The molecule has 0 fully saturated rings. The summed E-state index contributed by atoms with van der Waals surface area (Å²) in [5.74, 6) is 0. The lowest BCUT2D eigenvalue weighted by molar-refractivity contribution is 0.500. The van der Waals surface area contributed by atoms with E-state index < -0.39 is 0 Å². The third-order valence-corrected chi connectivity index (χ3v) is 4.54. The molecule has 6 heteroatoms. The van der Waals surface area contributed by atoms with Crippen molar-refractivity contribution in [1.29, 1.82) is 5.26 Å². The zero-order valence-electron chi connectivity index (χ0n) is 14.6. The van der Waals surface area contributed by atoms with E-state index in [0.29, 0.717) is 12.1 Å². The summed E-state index contributed by atoms with van der Waals surface area (Å²) in [6.45, 7) is 5.04. The SMILES string of the molecule is Cc1nn(CCCCCn2cnc3ccccc32)c(=O)c(C#N)c1C. The van der Waals surface area contributed by atoms with E-state index in [2.05, 4.69) is 20.7 Å². The first-order valence-electron chi connectivity index (χ1n) is 8.50. The van der Waals surface area contributed by atoms with Gasteiger partial charge >= 0.3 is 0 Å². The van der Waals surface area contributed by atoms with Gasteiger partial charge in [0.05, 0.1) is 23.1 Å². The third kappa shape index (κ3) is 3.45. The maximum absolute atomic E-state index is 12.2. The fourth-order valence-electron chi connectivity index (χ4n) is 2.96. The zero-order chi connectivity index (χ0) is 17.8. The number of para-hydroxylation sites is 2. The van der Waals surface area contributed by atoms with E-state index in [1.807, 2.05) is 37.5 Å². The van der Waals surface area contributed by atoms with E-state index in [4.69, 9.17) is 5.26 Å². The Bertz CT molecular complexity index is 993. The molecule has 0 unspecified atom stereocenters. The maximum Gasteiger partial charge on any atom is 0.284 e. The zero-order valence-corrected chi connectivity index (χ0v) is 14.6. The fraction of sp³-hybridized carbons (Fsp3) is 0.368. The van der Waals surface area contributed by atoms with E-state index >= 15 is 0 Å². The molecule has 2 heterocycles. The van der Waals surface area contributed by atoms with Crippen LogP contribution < -0.4 is 5.56 Å². The first kappa shape index (κ1) is 16.9. The van der Waals surface area contributed by atoms with Gasteiger partial charge in [-0.25, -0.2) is 9.67 Å². The average Bonchev–Trinajstić information content (AvgIpc) is 3.03. The van der Waals surface area contributed by atoms with E-state index in [1.54, 1.807) is 6.92 Å². The average molecular weight is 335 g/mol. The van der Waals surface area contributed by atoms with Crippen molar-refractivity contribution in [2.75, 3.05) is 0 Å². The second-order valence-electron chi connectivity index (χ2n) is 6.21. The van der Waals surface area contributed by atoms with Crippen molar-refractivity contribution in [2.24, 2.45) is 0 Å². The molecule has 0 atom stereocenters. The highest BCUT2D eigenvalue weighted by molar-refractivity contribution is 5.74. The van der Waals surface area contributed by atoms with Crippen LogP contribution in [0.5, 0.6) is 0 Å². The number of nitrogens with zero attached hydrogens (tertiary/aromatic N) is 5. The number of aryl methyl sites for hydroxylation is 3. The highest BCUT2D eigenvalue weighted by atomic mass is 16.1. The molecular weight excluding hydrogens is 314 g/mol. The van der Waals surface area contributed by atoms with Gasteiger partial charge in [-0.3, -0.25) is 4.79 Å². The number of fused-ring (bicyclic) bond motifs is 1. The maximum atomic E-state index is 12.2. The molecule has 0 saturated heterocycles. The molecule has 0 aliphatic heterocycles. The Kier molecular flexibility index (Phi) is 4.94. The molecule has 0 N–H and O–H groups in total. The Morgan fingerprint density at radius 3 is 2.68 bits per heavy atom. The second-order valence-corrected chi connectivity index (χ2v) is 6.21. The van der Waals surface area contributed by atoms with Gasteiger partial charge in [0.1, 0.15) is 11.6 Å². The standard InChI is InChI=1S/C19H21N5O/c1-14-15(2)22-24(19(25)16(14)12-20)11-7-3-6-10-23-13-21-17-8-4-5-9-18(17)23/h4-5,8-9,13H,3,6-7,10-11H2,1-2H3. The summed E-state index contributed by atoms with van der Waals surface area (Å²) < 4.78 is 3.58. The van der Waals surface area contributed by atoms with E-state index in [-0.39, 0.29) is 11.1 Å². The lowest BCUT2D eigenvalue weighted by Crippen LogP contribution is -2.27. The number of hydrogen-bond donors (Lipinski definition) is 0. The number of benzene rings is 1. The van der Waals surface area contributed by atoms with Crippen LogP contribution in [0, 0.1) is 25.2 Å². The third-order valence-electron chi connectivity index (χ3n) is 4.54. The summed E-state index contributed by atoms with van der Waals surface area (Å²) in [5, 5.41) is 13.5. The summed E-state index contributed by atoms with van der Waals surface area (Å²) in [7, 11) is 0. The van der Waals surface area contributed by atoms with Crippen LogP contribution >= 0.6 is 0 Å². The fourth-order valence-corrected chi connectivity index (χ4v) is 2.96. The molecule has 1 aromatic carbocycles. The highest BCUT2D eigenvalue weighted by Crippen LogP contribution is 2.13. The van der Waals surface area contributed by atoms with E-state index in [0.717, 1.165) is 42.5 Å². The first-order valence-corrected chi connectivity index (χ1v) is 8.50. The van der Waals surface area contributed by atoms with Crippen molar-refractivity contribution in [2.45, 2.75) is 46.2 Å². The summed E-state index contributed by atoms with van der Waals surface area (Å²) in [6, 6.07) is 10.1. The van der Waals surface area contributed by atoms with Gasteiger partial charge in [-0.2, -0.15) is 10.4 Å². The molecule has 0 spiro atoms. The molecule has 128 valence electrons. The topological polar surface area (TPSA) is 76.5 Å². The molecule has 0 aliphatic rings. The number of rotatable bonds is 6. The molecule has 3 rings (SSSR count). The van der Waals surface area contributed by atoms with Crippen LogP contribution in [0.25, 0.3) is 11.0 Å². The molecule has 0 amide bonds. The van der Waals surface area contributed by atoms with Crippen LogP contribution in [-0.2, 0) is 13.1 Å². The quantitative estimate of drug-likeness (QED) is 0.649. The number of aromatic nitrogens is 4. The van der Waals surface area contributed by atoms with E-state index in [1.165, 1.54) is 4.68 Å². The number of unbranched alkanes of at least 4 members (excludes halogenated alkanes) is 2. The predicted molar refractivity (Wildman–Crippen MR) is 96.3 cm³/mol. The molecule has 6 nitrogen and oxygen atoms in total. The van der Waals surface area contributed by atoms with Crippen molar-refractivity contribution in [1.82, 2.24) is 19.3 Å². The second kappa shape index (κ2) is 7.31. The molecule has 0 radical (unpaired) electrons. The van der Waals surface area contributed by atoms with E-state index in [9.17, 15) is 4.79 Å². The number of imidazole rings is 1. The van der Waals surface area contributed by atoms with Crippen molar-refractivity contribution in [3.8, 4) is 6.07 Å². The minimum absolute atomic E-state index is 0.206. The lowest BCUT2D eigenvalue weighted by atomic mass is 10.1. The largest absolute Gasteiger partial charge is 0.331 e. The number of nitriles is 1. The van der Waals surface area contributed by atoms with Crippen LogP contribution in [0.3, 0.4) is 0 Å². The van der Waals surface area contributed by atoms with Gasteiger partial charge < -0.3 is 4.57 Å². The highest BCUT2D eigenvalue weighted by Gasteiger charge is 2.11. The van der Waals surface area contributed by atoms with Gasteiger partial charge in [0.25, 0.3) is 5.56 Å². The molecule has 0 aliphatic carbocycles. The molecular formula is C19H21N5O. The first-order chi connectivity index (χ1) is 12.1. The van der Waals surface area contributed by atoms with Gasteiger partial charge in [0.2, 0.25) is 0 Å². The summed E-state index contributed by atoms with van der Waals surface area (Å²) in [4.78, 5) is 16.6. The minimum Gasteiger partial charge on any atom is -0.331 e. The van der Waals surface area contributed by atoms with Crippen molar-refractivity contribution in [3.63, 3.8) is 0 Å². The summed E-state index contributed by atoms with van der Waals surface area (Å²) >= 11 is 0. The smallest absolute Gasteiger partial charge is 0.284 e. The van der Waals surface area contributed by atoms with Crippen LogP contribution in [0.1, 0.15) is 36.1 Å². The summed E-state index contributed by atoms with van der Waals surface area (Å²) in [6.07, 6.45) is 4.71. The van der Waals surface area contributed by atoms with Crippen LogP contribution in [0.2, 0.25) is 0 Å². The van der Waals surface area contributed by atoms with Gasteiger partial charge in [-0.15, -0.1) is 0 Å². The Morgan fingerprint density at radius 1 is 1.12 bits per heavy atom. The van der Waals surface area contributed by atoms with Crippen molar-refractivity contribution in [3.05, 3.63) is 57.8 Å². The van der Waals surface area contributed by atoms with Crippen LogP contribution in [-0.4, -0.2) is 19.3 Å². The Hall–Kier alpha value is -2.94. The van der Waals surface area contributed by atoms with Gasteiger partial charge in [-0.05, 0) is 50.8 Å². The van der Waals surface area contributed by atoms with Crippen molar-refractivity contribution >= 4 is 11.0 Å². The minimum atomic E-state index is -0.286. The lowest BCUT2D eigenvalue weighted by Gasteiger charge is -2.09. The van der Waals surface area contributed by atoms with Crippen molar-refractivity contribution < 1.29 is 0 Å². The Labute approximate surface area is 146 Å². The molecule has 3 aromatic rings. The Morgan fingerprint density at radius 2 is 1.88 bits per heavy atom. The Balaban J connectivity index is 1.57. The predicted octanol–water partition coefficient (Wildman–Crippen LogP) is 2.95.